The zero-order valence-corrected chi connectivity index (χ0v) is 15.2. The highest BCUT2D eigenvalue weighted by Crippen LogP contribution is 2.32. The summed E-state index contributed by atoms with van der Waals surface area (Å²) < 4.78 is 25.8. The lowest BCUT2D eigenvalue weighted by atomic mass is 9.86. The molecule has 0 aliphatic heterocycles. The molecular weight excluding hydrogens is 352 g/mol. The van der Waals surface area contributed by atoms with Crippen LogP contribution in [0.2, 0.25) is 0 Å². The van der Waals surface area contributed by atoms with Crippen molar-refractivity contribution in [3.63, 3.8) is 0 Å². The molecule has 26 heavy (non-hydrogen) atoms. The van der Waals surface area contributed by atoms with Crippen LogP contribution in [-0.4, -0.2) is 60.4 Å². The minimum absolute atomic E-state index is 0.118. The van der Waals surface area contributed by atoms with Gasteiger partial charge in [-0.15, -0.1) is 0 Å². The second-order valence-corrected chi connectivity index (χ2v) is 5.75. The Bertz CT molecular complexity index is 542. The first-order valence-electron chi connectivity index (χ1n) is 7.87. The van der Waals surface area contributed by atoms with E-state index in [1.807, 2.05) is 0 Å². The van der Waals surface area contributed by atoms with Gasteiger partial charge in [0, 0.05) is 41.0 Å². The van der Waals surface area contributed by atoms with E-state index in [0.717, 1.165) is 34.6 Å². The Morgan fingerprint density at radius 3 is 1.04 bits per heavy atom. The number of hydrogen-bond acceptors (Lipinski definition) is 10. The number of carbonyl (C=O) groups excluding carboxylic acids is 5. The number of rotatable bonds is 5. The van der Waals surface area contributed by atoms with Gasteiger partial charge in [-0.05, 0) is 0 Å². The molecular formula is C16H22O10. The van der Waals surface area contributed by atoms with E-state index in [1.54, 1.807) is 0 Å². The molecule has 0 spiro atoms. The summed E-state index contributed by atoms with van der Waals surface area (Å²) >= 11 is 0. The van der Waals surface area contributed by atoms with E-state index >= 15 is 0 Å². The molecule has 0 aromatic heterocycles. The van der Waals surface area contributed by atoms with Gasteiger partial charge >= 0.3 is 29.8 Å². The molecule has 0 heterocycles. The second kappa shape index (κ2) is 9.16. The molecule has 1 fully saturated rings. The average molecular weight is 374 g/mol. The third kappa shape index (κ3) is 6.34. The number of ether oxygens (including phenoxy) is 5. The van der Waals surface area contributed by atoms with Crippen molar-refractivity contribution in [2.24, 2.45) is 0 Å². The summed E-state index contributed by atoms with van der Waals surface area (Å²) in [7, 11) is 0. The normalized spacial score (nSPS) is 27.7. The molecule has 1 saturated carbocycles. The Kier molecular flexibility index (Phi) is 7.54. The van der Waals surface area contributed by atoms with E-state index in [1.165, 1.54) is 0 Å². The summed E-state index contributed by atoms with van der Waals surface area (Å²) in [6.07, 6.45) is -6.07. The fourth-order valence-corrected chi connectivity index (χ4v) is 2.76. The van der Waals surface area contributed by atoms with Gasteiger partial charge < -0.3 is 23.7 Å². The zero-order chi connectivity index (χ0) is 20.0. The van der Waals surface area contributed by atoms with Crippen LogP contribution in [0.25, 0.3) is 0 Å². The minimum atomic E-state index is -1.33. The predicted molar refractivity (Wildman–Crippen MR) is 82.4 cm³/mol. The Morgan fingerprint density at radius 1 is 0.500 bits per heavy atom. The van der Waals surface area contributed by atoms with Gasteiger partial charge in [0.05, 0.1) is 0 Å². The van der Waals surface area contributed by atoms with Crippen molar-refractivity contribution in [1.29, 1.82) is 0 Å². The molecule has 5 atom stereocenters. The van der Waals surface area contributed by atoms with Crippen molar-refractivity contribution in [3.05, 3.63) is 0 Å². The molecule has 0 amide bonds. The van der Waals surface area contributed by atoms with Gasteiger partial charge in [0.25, 0.3) is 0 Å². The summed E-state index contributed by atoms with van der Waals surface area (Å²) in [4.78, 5) is 57.2. The van der Waals surface area contributed by atoms with Crippen LogP contribution in [0.1, 0.15) is 41.0 Å². The van der Waals surface area contributed by atoms with Gasteiger partial charge in [0.2, 0.25) is 0 Å². The van der Waals surface area contributed by atoms with Crippen molar-refractivity contribution in [2.45, 2.75) is 71.6 Å². The van der Waals surface area contributed by atoms with Crippen molar-refractivity contribution >= 4 is 29.8 Å². The number of carbonyl (C=O) groups is 5. The maximum atomic E-state index is 11.5. The summed E-state index contributed by atoms with van der Waals surface area (Å²) in [6.45, 7) is 5.63. The van der Waals surface area contributed by atoms with Gasteiger partial charge in [-0.25, -0.2) is 0 Å². The van der Waals surface area contributed by atoms with Crippen molar-refractivity contribution < 1.29 is 47.7 Å². The van der Waals surface area contributed by atoms with E-state index in [9.17, 15) is 24.0 Å². The van der Waals surface area contributed by atoms with Gasteiger partial charge in [-0.2, -0.15) is 0 Å². The van der Waals surface area contributed by atoms with Crippen LogP contribution in [0.5, 0.6) is 0 Å². The van der Waals surface area contributed by atoms with Crippen molar-refractivity contribution in [2.75, 3.05) is 0 Å². The molecule has 1 unspecified atom stereocenters. The topological polar surface area (TPSA) is 132 Å². The Morgan fingerprint density at radius 2 is 0.769 bits per heavy atom. The van der Waals surface area contributed by atoms with Crippen LogP contribution < -0.4 is 0 Å². The molecule has 0 N–H and O–H groups in total. The fraction of sp³-hybridized carbons (Fsp3) is 0.688. The molecule has 0 bridgehead atoms. The lowest BCUT2D eigenvalue weighted by molar-refractivity contribution is -0.230. The highest BCUT2D eigenvalue weighted by molar-refractivity contribution is 5.70. The van der Waals surface area contributed by atoms with Gasteiger partial charge in [-0.1, -0.05) is 0 Å². The first-order valence-corrected chi connectivity index (χ1v) is 7.87. The highest BCUT2D eigenvalue weighted by Gasteiger charge is 2.53. The SMILES string of the molecule is CC(=O)OC1[C@@H](OC(C)=O)[C@H](OC(C)=O)C[C@H](OC(C)=O)[C@H]1OC(C)=O. The Balaban J connectivity index is 3.32. The first kappa shape index (κ1) is 21.4. The first-order chi connectivity index (χ1) is 12.0. The predicted octanol–water partition coefficient (Wildman–Crippen LogP) is 0.0486. The molecule has 1 aliphatic rings. The third-order valence-corrected chi connectivity index (χ3v) is 3.39. The summed E-state index contributed by atoms with van der Waals surface area (Å²) in [5.41, 5.74) is 0. The van der Waals surface area contributed by atoms with E-state index < -0.39 is 60.4 Å². The van der Waals surface area contributed by atoms with E-state index in [0.29, 0.717) is 0 Å². The lowest BCUT2D eigenvalue weighted by Crippen LogP contribution is -2.61. The van der Waals surface area contributed by atoms with Gasteiger partial charge in [0.1, 0.15) is 12.2 Å². The molecule has 0 aromatic carbocycles. The molecule has 10 nitrogen and oxygen atoms in total. The van der Waals surface area contributed by atoms with Crippen LogP contribution in [0.3, 0.4) is 0 Å². The van der Waals surface area contributed by atoms with E-state index in [4.69, 9.17) is 23.7 Å². The molecule has 0 saturated heterocycles. The van der Waals surface area contributed by atoms with Crippen molar-refractivity contribution in [1.82, 2.24) is 0 Å². The quantitative estimate of drug-likeness (QED) is 0.480. The van der Waals surface area contributed by atoms with Gasteiger partial charge in [-0.3, -0.25) is 24.0 Å². The smallest absolute Gasteiger partial charge is 0.303 e. The van der Waals surface area contributed by atoms with Crippen LogP contribution >= 0.6 is 0 Å². The maximum Gasteiger partial charge on any atom is 0.303 e. The Labute approximate surface area is 150 Å². The van der Waals surface area contributed by atoms with Crippen LogP contribution in [0, 0.1) is 0 Å². The molecule has 10 heteroatoms. The summed E-state index contributed by atoms with van der Waals surface area (Å²) in [5, 5.41) is 0. The number of esters is 5. The molecule has 0 radical (unpaired) electrons. The molecule has 0 aromatic rings. The summed E-state index contributed by atoms with van der Waals surface area (Å²) in [5.74, 6) is -3.56. The standard InChI is InChI=1S/C16H22O10/c1-7(17)22-12-6-13(23-8(2)18)15(25-10(4)20)16(26-11(5)21)14(12)24-9(3)19/h12-16H,6H2,1-5H3/t12-,13+,14+,15-,16?. The van der Waals surface area contributed by atoms with Crippen LogP contribution in [-0.2, 0) is 47.7 Å². The van der Waals surface area contributed by atoms with E-state index in [-0.39, 0.29) is 6.42 Å². The second-order valence-electron chi connectivity index (χ2n) is 5.75. The molecule has 146 valence electrons. The Hall–Kier alpha value is -2.65. The lowest BCUT2D eigenvalue weighted by Gasteiger charge is -2.43. The van der Waals surface area contributed by atoms with E-state index in [2.05, 4.69) is 0 Å². The fourth-order valence-electron chi connectivity index (χ4n) is 2.76. The molecule has 1 rings (SSSR count). The third-order valence-electron chi connectivity index (χ3n) is 3.39. The zero-order valence-electron chi connectivity index (χ0n) is 15.2. The molecule has 1 aliphatic carbocycles. The van der Waals surface area contributed by atoms with Crippen LogP contribution in [0.15, 0.2) is 0 Å². The average Bonchev–Trinajstić information content (AvgIpc) is 2.44. The monoisotopic (exact) mass is 374 g/mol. The highest BCUT2D eigenvalue weighted by atomic mass is 16.6. The van der Waals surface area contributed by atoms with Crippen LogP contribution in [0.4, 0.5) is 0 Å². The van der Waals surface area contributed by atoms with Gasteiger partial charge in [0.15, 0.2) is 18.3 Å². The summed E-state index contributed by atoms with van der Waals surface area (Å²) in [6, 6.07) is 0. The maximum absolute atomic E-state index is 11.5. The van der Waals surface area contributed by atoms with Crippen molar-refractivity contribution in [3.8, 4) is 0 Å². The minimum Gasteiger partial charge on any atom is -0.458 e. The largest absolute Gasteiger partial charge is 0.458 e. The number of hydrogen-bond donors (Lipinski definition) is 0.